The quantitative estimate of drug-likeness (QED) is 0.801. The Kier molecular flexibility index (Phi) is 5.53. The van der Waals surface area contributed by atoms with Gasteiger partial charge in [-0.25, -0.2) is 4.79 Å². The zero-order valence-electron chi connectivity index (χ0n) is 13.8. The molecule has 8 nitrogen and oxygen atoms in total. The van der Waals surface area contributed by atoms with Crippen molar-refractivity contribution in [2.45, 2.75) is 0 Å². The van der Waals surface area contributed by atoms with Gasteiger partial charge in [0.15, 0.2) is 11.5 Å². The Morgan fingerprint density at radius 3 is 2.32 bits per heavy atom. The molecule has 0 saturated heterocycles. The summed E-state index contributed by atoms with van der Waals surface area (Å²) >= 11 is 0. The number of azo groups is 1. The molecule has 0 saturated carbocycles. The molecule has 0 radical (unpaired) electrons. The summed E-state index contributed by atoms with van der Waals surface area (Å²) in [6, 6.07) is 9.82. The van der Waals surface area contributed by atoms with Gasteiger partial charge in [-0.15, -0.1) is 10.2 Å². The number of carboxylic acids is 1. The van der Waals surface area contributed by atoms with Crippen LogP contribution in [0.5, 0.6) is 17.2 Å². The second kappa shape index (κ2) is 7.79. The number of carbonyl (C=O) groups is 1. The molecule has 0 spiro atoms. The van der Waals surface area contributed by atoms with Crippen molar-refractivity contribution in [2.24, 2.45) is 10.2 Å². The molecule has 0 aliphatic rings. The minimum Gasteiger partial charge on any atom is -0.493 e. The third-order valence-electron chi connectivity index (χ3n) is 3.32. The van der Waals surface area contributed by atoms with Crippen LogP contribution in [-0.4, -0.2) is 32.4 Å². The van der Waals surface area contributed by atoms with Gasteiger partial charge in [0.25, 0.3) is 0 Å². The van der Waals surface area contributed by atoms with Crippen molar-refractivity contribution in [3.63, 3.8) is 0 Å². The highest BCUT2D eigenvalue weighted by Gasteiger charge is 2.24. The second-order valence-electron chi connectivity index (χ2n) is 4.68. The Morgan fingerprint density at radius 1 is 1.08 bits per heavy atom. The normalized spacial score (nSPS) is 10.3. The molecule has 0 atom stereocenters. The lowest BCUT2D eigenvalue weighted by atomic mass is 10.1. The van der Waals surface area contributed by atoms with Crippen molar-refractivity contribution in [3.05, 3.63) is 41.5 Å². The molecule has 0 fully saturated rings. The lowest BCUT2D eigenvalue weighted by Gasteiger charge is -2.15. The maximum atomic E-state index is 11.6. The third kappa shape index (κ3) is 3.50. The van der Waals surface area contributed by atoms with E-state index in [1.807, 2.05) is 6.07 Å². The van der Waals surface area contributed by atoms with Crippen molar-refractivity contribution >= 4 is 17.3 Å². The number of hydrogen-bond donors (Lipinski definition) is 1. The number of nitriles is 1. The number of benzene rings is 2. The Bertz CT molecular complexity index is 871. The monoisotopic (exact) mass is 341 g/mol. The highest BCUT2D eigenvalue weighted by molar-refractivity contribution is 5.97. The van der Waals surface area contributed by atoms with Crippen LogP contribution in [-0.2, 0) is 0 Å². The van der Waals surface area contributed by atoms with Crippen molar-refractivity contribution in [2.75, 3.05) is 21.3 Å². The van der Waals surface area contributed by atoms with E-state index in [2.05, 4.69) is 10.2 Å². The lowest BCUT2D eigenvalue weighted by molar-refractivity contribution is 0.0697. The predicted molar refractivity (Wildman–Crippen MR) is 88.4 cm³/mol. The van der Waals surface area contributed by atoms with E-state index < -0.39 is 5.97 Å². The third-order valence-corrected chi connectivity index (χ3v) is 3.32. The molecule has 0 bridgehead atoms. The van der Waals surface area contributed by atoms with Gasteiger partial charge in [0.05, 0.1) is 32.5 Å². The van der Waals surface area contributed by atoms with E-state index in [4.69, 9.17) is 19.5 Å². The van der Waals surface area contributed by atoms with E-state index in [9.17, 15) is 9.90 Å². The molecule has 0 aromatic heterocycles. The number of aromatic carboxylic acids is 1. The van der Waals surface area contributed by atoms with Crippen molar-refractivity contribution in [1.82, 2.24) is 0 Å². The molecule has 128 valence electrons. The van der Waals surface area contributed by atoms with Gasteiger partial charge in [-0.3, -0.25) is 0 Å². The topological polar surface area (TPSA) is 114 Å². The van der Waals surface area contributed by atoms with Gasteiger partial charge >= 0.3 is 5.97 Å². The van der Waals surface area contributed by atoms with Crippen molar-refractivity contribution in [1.29, 1.82) is 5.26 Å². The molecule has 1 N–H and O–H groups in total. The standard InChI is InChI=1S/C17H15N3O5/c1-23-13-8-11(17(21)22)14(16(25-3)15(13)24-2)20-19-12-7-5-4-6-10(12)9-18/h4-8H,1-3H3,(H,21,22). The predicted octanol–water partition coefficient (Wildman–Crippen LogP) is 3.70. The van der Waals surface area contributed by atoms with Crippen molar-refractivity contribution in [3.8, 4) is 23.3 Å². The minimum atomic E-state index is -1.23. The zero-order valence-corrected chi connectivity index (χ0v) is 13.8. The first-order valence-electron chi connectivity index (χ1n) is 7.04. The van der Waals surface area contributed by atoms with Gasteiger partial charge in [-0.2, -0.15) is 5.26 Å². The van der Waals surface area contributed by atoms with Gasteiger partial charge < -0.3 is 19.3 Å². The summed E-state index contributed by atoms with van der Waals surface area (Å²) in [6.45, 7) is 0. The highest BCUT2D eigenvalue weighted by Crippen LogP contribution is 2.47. The largest absolute Gasteiger partial charge is 0.493 e. The summed E-state index contributed by atoms with van der Waals surface area (Å²) < 4.78 is 15.6. The number of hydrogen-bond acceptors (Lipinski definition) is 7. The average Bonchev–Trinajstić information content (AvgIpc) is 2.64. The van der Waals surface area contributed by atoms with Crippen LogP contribution in [0.4, 0.5) is 11.4 Å². The fourth-order valence-corrected chi connectivity index (χ4v) is 2.16. The molecule has 0 amide bonds. The molecule has 2 rings (SSSR count). The van der Waals surface area contributed by atoms with Crippen LogP contribution in [0.1, 0.15) is 15.9 Å². The minimum absolute atomic E-state index is 0.0413. The Balaban J connectivity index is 2.68. The first-order valence-corrected chi connectivity index (χ1v) is 7.04. The van der Waals surface area contributed by atoms with Gasteiger partial charge in [0, 0.05) is 6.07 Å². The van der Waals surface area contributed by atoms with Crippen LogP contribution in [0.2, 0.25) is 0 Å². The number of methoxy groups -OCH3 is 3. The fourth-order valence-electron chi connectivity index (χ4n) is 2.16. The maximum Gasteiger partial charge on any atom is 0.338 e. The molecule has 0 unspecified atom stereocenters. The summed E-state index contributed by atoms with van der Waals surface area (Å²) in [7, 11) is 4.13. The summed E-state index contributed by atoms with van der Waals surface area (Å²) in [5.41, 5.74) is 0.397. The Labute approximate surface area is 143 Å². The van der Waals surface area contributed by atoms with Gasteiger partial charge in [-0.1, -0.05) is 12.1 Å². The Morgan fingerprint density at radius 2 is 1.76 bits per heavy atom. The smallest absolute Gasteiger partial charge is 0.338 e. The van der Waals surface area contributed by atoms with Crippen molar-refractivity contribution < 1.29 is 24.1 Å². The molecular weight excluding hydrogens is 326 g/mol. The van der Waals surface area contributed by atoms with Gasteiger partial charge in [-0.05, 0) is 12.1 Å². The average molecular weight is 341 g/mol. The van der Waals surface area contributed by atoms with Gasteiger partial charge in [0.2, 0.25) is 5.75 Å². The van der Waals surface area contributed by atoms with Crippen LogP contribution in [0.15, 0.2) is 40.6 Å². The second-order valence-corrected chi connectivity index (χ2v) is 4.68. The summed E-state index contributed by atoms with van der Waals surface area (Å²) in [5, 5.41) is 26.6. The molecule has 2 aromatic rings. The molecule has 0 aliphatic carbocycles. The zero-order chi connectivity index (χ0) is 18.4. The van der Waals surface area contributed by atoms with E-state index >= 15 is 0 Å². The molecule has 8 heteroatoms. The summed E-state index contributed by atoms with van der Waals surface area (Å²) in [5.74, 6) is -0.787. The summed E-state index contributed by atoms with van der Waals surface area (Å²) in [6.07, 6.45) is 0. The SMILES string of the molecule is COc1cc(C(=O)O)c(N=Nc2ccccc2C#N)c(OC)c1OC. The lowest BCUT2D eigenvalue weighted by Crippen LogP contribution is -2.02. The number of ether oxygens (including phenoxy) is 3. The first kappa shape index (κ1) is 17.7. The molecule has 25 heavy (non-hydrogen) atoms. The van der Waals surface area contributed by atoms with Crippen LogP contribution in [0.25, 0.3) is 0 Å². The first-order chi connectivity index (χ1) is 12.1. The van der Waals surface area contributed by atoms with Crippen LogP contribution < -0.4 is 14.2 Å². The van der Waals surface area contributed by atoms with Gasteiger partial charge in [0.1, 0.15) is 17.4 Å². The van der Waals surface area contributed by atoms with E-state index in [1.54, 1.807) is 24.3 Å². The summed E-state index contributed by atoms with van der Waals surface area (Å²) in [4.78, 5) is 11.6. The molecular formula is C17H15N3O5. The van der Waals surface area contributed by atoms with E-state index in [1.165, 1.54) is 27.4 Å². The van der Waals surface area contributed by atoms with E-state index in [-0.39, 0.29) is 28.5 Å². The van der Waals surface area contributed by atoms with Crippen LogP contribution in [0.3, 0.4) is 0 Å². The maximum absolute atomic E-state index is 11.6. The highest BCUT2D eigenvalue weighted by atomic mass is 16.5. The Hall–Kier alpha value is -3.60. The number of carboxylic acid groups (broad SMARTS) is 1. The fraction of sp³-hybridized carbons (Fsp3) is 0.176. The number of nitrogens with zero attached hydrogens (tertiary/aromatic N) is 3. The number of rotatable bonds is 6. The van der Waals surface area contributed by atoms with Crippen LogP contribution in [0, 0.1) is 11.3 Å². The molecule has 2 aromatic carbocycles. The molecule has 0 heterocycles. The van der Waals surface area contributed by atoms with E-state index in [0.29, 0.717) is 11.3 Å². The van der Waals surface area contributed by atoms with Crippen LogP contribution >= 0.6 is 0 Å². The molecule has 0 aliphatic heterocycles. The van der Waals surface area contributed by atoms with E-state index in [0.717, 1.165) is 0 Å².